The Balaban J connectivity index is 2.05. The molecular weight excluding hydrogens is 278 g/mol. The fraction of sp³-hybridized carbons (Fsp3) is 0.765. The van der Waals surface area contributed by atoms with Crippen LogP contribution in [0.25, 0.3) is 0 Å². The summed E-state index contributed by atoms with van der Waals surface area (Å²) in [6.45, 7) is 8.69. The van der Waals surface area contributed by atoms with Crippen LogP contribution in [0.3, 0.4) is 0 Å². The van der Waals surface area contributed by atoms with Crippen LogP contribution in [-0.2, 0) is 18.3 Å². The molecule has 3 unspecified atom stereocenters. The van der Waals surface area contributed by atoms with E-state index >= 15 is 0 Å². The van der Waals surface area contributed by atoms with Gasteiger partial charge in [0.15, 0.2) is 0 Å². The summed E-state index contributed by atoms with van der Waals surface area (Å²) in [6.07, 6.45) is 3.12. The van der Waals surface area contributed by atoms with E-state index in [0.29, 0.717) is 6.42 Å². The van der Waals surface area contributed by atoms with Crippen LogP contribution in [0.4, 0.5) is 0 Å². The lowest BCUT2D eigenvalue weighted by atomic mass is 9.97. The SMILES string of the molecule is Cc1nn(C)c(C)c1CC(C)C(=O)N1CCCC1CC(C)O. The summed E-state index contributed by atoms with van der Waals surface area (Å²) in [5, 5.41) is 14.0. The Morgan fingerprint density at radius 2 is 2.09 bits per heavy atom. The molecule has 22 heavy (non-hydrogen) atoms. The summed E-state index contributed by atoms with van der Waals surface area (Å²) in [5.74, 6) is 0.169. The number of hydrogen-bond acceptors (Lipinski definition) is 3. The fourth-order valence-electron chi connectivity index (χ4n) is 3.55. The van der Waals surface area contributed by atoms with E-state index in [0.717, 1.165) is 37.2 Å². The first-order chi connectivity index (χ1) is 10.3. The highest BCUT2D eigenvalue weighted by atomic mass is 16.3. The quantitative estimate of drug-likeness (QED) is 0.905. The molecule has 1 N–H and O–H groups in total. The van der Waals surface area contributed by atoms with E-state index in [1.165, 1.54) is 5.56 Å². The van der Waals surface area contributed by atoms with Crippen molar-refractivity contribution in [2.75, 3.05) is 6.54 Å². The predicted octanol–water partition coefficient (Wildman–Crippen LogP) is 1.98. The van der Waals surface area contributed by atoms with Gasteiger partial charge in [-0.3, -0.25) is 9.48 Å². The second-order valence-corrected chi connectivity index (χ2v) is 6.79. The molecule has 1 amide bonds. The number of aliphatic hydroxyl groups is 1. The van der Waals surface area contributed by atoms with Crippen molar-refractivity contribution in [3.8, 4) is 0 Å². The summed E-state index contributed by atoms with van der Waals surface area (Å²) in [4.78, 5) is 14.8. The van der Waals surface area contributed by atoms with Crippen molar-refractivity contribution in [2.24, 2.45) is 13.0 Å². The zero-order valence-electron chi connectivity index (χ0n) is 14.5. The van der Waals surface area contributed by atoms with Crippen LogP contribution < -0.4 is 0 Å². The monoisotopic (exact) mass is 307 g/mol. The van der Waals surface area contributed by atoms with Gasteiger partial charge in [0.2, 0.25) is 5.91 Å². The van der Waals surface area contributed by atoms with Gasteiger partial charge in [-0.05, 0) is 52.0 Å². The summed E-state index contributed by atoms with van der Waals surface area (Å²) in [6, 6.07) is 0.200. The molecule has 124 valence electrons. The molecule has 1 aromatic rings. The number of hydrogen-bond donors (Lipinski definition) is 1. The van der Waals surface area contributed by atoms with E-state index < -0.39 is 0 Å². The van der Waals surface area contributed by atoms with Gasteiger partial charge in [-0.1, -0.05) is 6.92 Å². The maximum Gasteiger partial charge on any atom is 0.225 e. The second-order valence-electron chi connectivity index (χ2n) is 6.79. The Bertz CT molecular complexity index is 536. The molecule has 3 atom stereocenters. The van der Waals surface area contributed by atoms with E-state index in [1.54, 1.807) is 6.92 Å². The molecule has 5 nitrogen and oxygen atoms in total. The van der Waals surface area contributed by atoms with Gasteiger partial charge >= 0.3 is 0 Å². The minimum Gasteiger partial charge on any atom is -0.393 e. The molecule has 0 aliphatic carbocycles. The molecular formula is C17H29N3O2. The van der Waals surface area contributed by atoms with Gasteiger partial charge in [0.25, 0.3) is 0 Å². The average Bonchev–Trinajstić information content (AvgIpc) is 2.97. The van der Waals surface area contributed by atoms with Crippen molar-refractivity contribution >= 4 is 5.91 Å². The molecule has 1 saturated heterocycles. The van der Waals surface area contributed by atoms with Gasteiger partial charge in [0, 0.05) is 31.2 Å². The van der Waals surface area contributed by atoms with E-state index in [-0.39, 0.29) is 24.0 Å². The third-order valence-electron chi connectivity index (χ3n) is 4.86. The van der Waals surface area contributed by atoms with E-state index in [4.69, 9.17) is 0 Å². The van der Waals surface area contributed by atoms with Crippen LogP contribution in [0.15, 0.2) is 0 Å². The number of likely N-dealkylation sites (tertiary alicyclic amines) is 1. The highest BCUT2D eigenvalue weighted by Crippen LogP contribution is 2.25. The molecule has 0 spiro atoms. The summed E-state index contributed by atoms with van der Waals surface area (Å²) >= 11 is 0. The van der Waals surface area contributed by atoms with Gasteiger partial charge in [-0.2, -0.15) is 5.10 Å². The molecule has 1 aliphatic rings. The zero-order chi connectivity index (χ0) is 16.4. The number of amides is 1. The third-order valence-corrected chi connectivity index (χ3v) is 4.86. The standard InChI is InChI=1S/C17H29N3O2/c1-11(9-16-13(3)18-19(5)14(16)4)17(22)20-8-6-7-15(20)10-12(2)21/h11-12,15,21H,6-10H2,1-5H3. The largest absolute Gasteiger partial charge is 0.393 e. The maximum atomic E-state index is 12.8. The van der Waals surface area contributed by atoms with Gasteiger partial charge < -0.3 is 10.0 Å². The van der Waals surface area contributed by atoms with Crippen molar-refractivity contribution in [3.05, 3.63) is 17.0 Å². The molecule has 5 heteroatoms. The number of carbonyl (C=O) groups excluding carboxylic acids is 1. The first-order valence-corrected chi connectivity index (χ1v) is 8.28. The molecule has 0 aromatic carbocycles. The number of rotatable bonds is 5. The third kappa shape index (κ3) is 3.51. The lowest BCUT2D eigenvalue weighted by Crippen LogP contribution is -2.40. The lowest BCUT2D eigenvalue weighted by Gasteiger charge is -2.28. The van der Waals surface area contributed by atoms with Gasteiger partial charge in [0.05, 0.1) is 11.8 Å². The molecule has 1 aliphatic heterocycles. The number of carbonyl (C=O) groups is 1. The summed E-state index contributed by atoms with van der Waals surface area (Å²) < 4.78 is 1.88. The molecule has 0 bridgehead atoms. The summed E-state index contributed by atoms with van der Waals surface area (Å²) in [5.41, 5.74) is 3.34. The molecule has 2 rings (SSSR count). The van der Waals surface area contributed by atoms with Crippen LogP contribution in [0.2, 0.25) is 0 Å². The van der Waals surface area contributed by atoms with E-state index in [1.807, 2.05) is 30.5 Å². The highest BCUT2D eigenvalue weighted by molar-refractivity contribution is 5.79. The van der Waals surface area contributed by atoms with Crippen molar-refractivity contribution in [1.29, 1.82) is 0 Å². The molecule has 1 aromatic heterocycles. The Kier molecular flexibility index (Phi) is 5.27. The normalized spacial score (nSPS) is 21.2. The van der Waals surface area contributed by atoms with E-state index in [9.17, 15) is 9.90 Å². The van der Waals surface area contributed by atoms with Crippen LogP contribution >= 0.6 is 0 Å². The van der Waals surface area contributed by atoms with Crippen molar-refractivity contribution in [2.45, 2.75) is 65.5 Å². The van der Waals surface area contributed by atoms with Crippen molar-refractivity contribution < 1.29 is 9.90 Å². The molecule has 0 saturated carbocycles. The van der Waals surface area contributed by atoms with Crippen molar-refractivity contribution in [3.63, 3.8) is 0 Å². The maximum absolute atomic E-state index is 12.8. The molecule has 0 radical (unpaired) electrons. The fourth-order valence-corrected chi connectivity index (χ4v) is 3.55. The second kappa shape index (κ2) is 6.82. The highest BCUT2D eigenvalue weighted by Gasteiger charge is 2.32. The Morgan fingerprint density at radius 3 is 2.64 bits per heavy atom. The van der Waals surface area contributed by atoms with Gasteiger partial charge in [-0.15, -0.1) is 0 Å². The Labute approximate surface area is 133 Å². The van der Waals surface area contributed by atoms with Crippen LogP contribution in [0, 0.1) is 19.8 Å². The van der Waals surface area contributed by atoms with Crippen LogP contribution in [0.1, 0.15) is 50.1 Å². The Hall–Kier alpha value is -1.36. The average molecular weight is 307 g/mol. The number of aromatic nitrogens is 2. The zero-order valence-corrected chi connectivity index (χ0v) is 14.5. The van der Waals surface area contributed by atoms with Gasteiger partial charge in [-0.25, -0.2) is 0 Å². The minimum atomic E-state index is -0.350. The minimum absolute atomic E-state index is 0.0452. The topological polar surface area (TPSA) is 58.4 Å². The van der Waals surface area contributed by atoms with Gasteiger partial charge in [0.1, 0.15) is 0 Å². The van der Waals surface area contributed by atoms with Crippen molar-refractivity contribution in [1.82, 2.24) is 14.7 Å². The summed E-state index contributed by atoms with van der Waals surface area (Å²) in [7, 11) is 1.94. The Morgan fingerprint density at radius 1 is 1.41 bits per heavy atom. The van der Waals surface area contributed by atoms with E-state index in [2.05, 4.69) is 12.0 Å². The number of nitrogens with zero attached hydrogens (tertiary/aromatic N) is 3. The first kappa shape index (κ1) is 17.0. The predicted molar refractivity (Wildman–Crippen MR) is 86.6 cm³/mol. The van der Waals surface area contributed by atoms with Crippen LogP contribution in [-0.4, -0.2) is 44.4 Å². The first-order valence-electron chi connectivity index (χ1n) is 8.28. The smallest absolute Gasteiger partial charge is 0.225 e. The molecule has 2 heterocycles. The molecule has 1 fully saturated rings. The van der Waals surface area contributed by atoms with Crippen LogP contribution in [0.5, 0.6) is 0 Å². The lowest BCUT2D eigenvalue weighted by molar-refractivity contribution is -0.136. The number of aryl methyl sites for hydroxylation is 2. The number of aliphatic hydroxyl groups excluding tert-OH is 1.